The van der Waals surface area contributed by atoms with Crippen molar-refractivity contribution in [1.82, 2.24) is 14.8 Å². The number of carboxylic acid groups (broad SMARTS) is 1. The second kappa shape index (κ2) is 8.71. The highest BCUT2D eigenvalue weighted by atomic mass is 35.5. The molecule has 2 aromatic heterocycles. The van der Waals surface area contributed by atoms with E-state index in [0.29, 0.717) is 16.1 Å². The number of aromatic nitrogens is 3. The van der Waals surface area contributed by atoms with E-state index in [9.17, 15) is 20.0 Å². The molecule has 0 saturated heterocycles. The second-order valence-electron chi connectivity index (χ2n) is 8.57. The molecule has 0 aliphatic carbocycles. The van der Waals surface area contributed by atoms with E-state index in [-0.39, 0.29) is 29.5 Å². The highest BCUT2D eigenvalue weighted by Crippen LogP contribution is 2.41. The number of rotatable bonds is 6. The Morgan fingerprint density at radius 2 is 1.97 bits per heavy atom. The maximum Gasteiger partial charge on any atom is 0.331 e. The number of aryl methyl sites for hydroxylation is 1. The Morgan fingerprint density at radius 1 is 1.27 bits per heavy atom. The molecule has 1 aromatic carbocycles. The summed E-state index contributed by atoms with van der Waals surface area (Å²) in [6, 6.07) is 7.97. The van der Waals surface area contributed by atoms with E-state index in [1.54, 1.807) is 39.8 Å². The molecule has 0 aliphatic heterocycles. The summed E-state index contributed by atoms with van der Waals surface area (Å²) in [4.78, 5) is 26.2. The molecule has 0 aliphatic rings. The topological polar surface area (TPSA) is 131 Å². The van der Waals surface area contributed by atoms with Crippen LogP contribution in [0.4, 0.5) is 0 Å². The van der Waals surface area contributed by atoms with Crippen LogP contribution in [-0.2, 0) is 16.8 Å². The third-order valence-corrected chi connectivity index (χ3v) is 5.85. The van der Waals surface area contributed by atoms with Gasteiger partial charge in [-0.1, -0.05) is 32.4 Å². The molecule has 0 amide bonds. The summed E-state index contributed by atoms with van der Waals surface area (Å²) in [6.45, 7) is 6.73. The molecule has 2 heterocycles. The molecule has 1 unspecified atom stereocenters. The number of nitriles is 1. The molecule has 3 rings (SSSR count). The largest absolute Gasteiger partial charge is 0.495 e. The second-order valence-corrected chi connectivity index (χ2v) is 9.01. The summed E-state index contributed by atoms with van der Waals surface area (Å²) in [5.74, 6) is -0.682. The fourth-order valence-corrected chi connectivity index (χ4v) is 4.03. The van der Waals surface area contributed by atoms with Gasteiger partial charge < -0.3 is 14.3 Å². The van der Waals surface area contributed by atoms with E-state index >= 15 is 0 Å². The Bertz CT molecular complexity index is 1320. The first-order valence-electron chi connectivity index (χ1n) is 9.98. The first-order valence-corrected chi connectivity index (χ1v) is 10.4. The lowest BCUT2D eigenvalue weighted by Gasteiger charge is -2.42. The number of aliphatic carboxylic acids is 1. The van der Waals surface area contributed by atoms with Crippen LogP contribution in [0.25, 0.3) is 11.1 Å². The Morgan fingerprint density at radius 3 is 2.48 bits per heavy atom. The summed E-state index contributed by atoms with van der Waals surface area (Å²) in [7, 11) is 1.39. The summed E-state index contributed by atoms with van der Waals surface area (Å²) in [5, 5.41) is 28.0. The Labute approximate surface area is 195 Å². The van der Waals surface area contributed by atoms with Crippen molar-refractivity contribution in [2.24, 2.45) is 5.41 Å². The first-order chi connectivity index (χ1) is 15.4. The van der Waals surface area contributed by atoms with E-state index < -0.39 is 22.5 Å². The molecule has 33 heavy (non-hydrogen) atoms. The standard InChI is InChI=1S/C23H23ClN4O5/c1-13-26-27-19(33-13)10-23(21(30)31,22(2,3)4)28-12-18(32-5)17(9-20(28)29)16-8-15(24)7-6-14(16)11-25/h6-9,12H,10H2,1-5H3,(H,30,31). The van der Waals surface area contributed by atoms with Gasteiger partial charge in [0.05, 0.1) is 31.4 Å². The monoisotopic (exact) mass is 470 g/mol. The lowest BCUT2D eigenvalue weighted by atomic mass is 9.71. The highest BCUT2D eigenvalue weighted by Gasteiger charge is 2.52. The van der Waals surface area contributed by atoms with Crippen LogP contribution in [0, 0.1) is 23.7 Å². The number of ether oxygens (including phenoxy) is 1. The summed E-state index contributed by atoms with van der Waals surface area (Å²) < 4.78 is 12.1. The Hall–Kier alpha value is -3.64. The van der Waals surface area contributed by atoms with Crippen LogP contribution in [0.1, 0.15) is 38.1 Å². The third-order valence-electron chi connectivity index (χ3n) is 5.61. The minimum absolute atomic E-state index is 0.0846. The molecule has 1 atom stereocenters. The molecule has 0 fully saturated rings. The maximum atomic E-state index is 13.4. The molecule has 0 radical (unpaired) electrons. The number of nitrogens with zero attached hydrogens (tertiary/aromatic N) is 4. The number of pyridine rings is 1. The molecule has 0 saturated carbocycles. The third kappa shape index (κ3) is 4.22. The van der Waals surface area contributed by atoms with E-state index in [2.05, 4.69) is 16.3 Å². The summed E-state index contributed by atoms with van der Waals surface area (Å²) in [6.07, 6.45) is 1.11. The molecule has 172 valence electrons. The van der Waals surface area contributed by atoms with Gasteiger partial charge in [0.1, 0.15) is 5.75 Å². The minimum atomic E-state index is -1.79. The van der Waals surface area contributed by atoms with Crippen molar-refractivity contribution in [3.63, 3.8) is 0 Å². The van der Waals surface area contributed by atoms with Crippen molar-refractivity contribution in [2.45, 2.75) is 39.7 Å². The Balaban J connectivity index is 2.33. The molecular formula is C23H23ClN4O5. The number of hydrogen-bond donors (Lipinski definition) is 1. The zero-order valence-corrected chi connectivity index (χ0v) is 19.6. The van der Waals surface area contributed by atoms with Gasteiger partial charge in [-0.3, -0.25) is 9.36 Å². The minimum Gasteiger partial charge on any atom is -0.495 e. The normalized spacial score (nSPS) is 13.2. The lowest BCUT2D eigenvalue weighted by Crippen LogP contribution is -2.57. The average molecular weight is 471 g/mol. The van der Waals surface area contributed by atoms with Gasteiger partial charge in [0.25, 0.3) is 5.56 Å². The van der Waals surface area contributed by atoms with Gasteiger partial charge in [0.15, 0.2) is 5.54 Å². The van der Waals surface area contributed by atoms with Gasteiger partial charge in [0.2, 0.25) is 11.8 Å². The van der Waals surface area contributed by atoms with E-state index in [4.69, 9.17) is 20.8 Å². The van der Waals surface area contributed by atoms with Gasteiger partial charge in [-0.05, 0) is 23.6 Å². The van der Waals surface area contributed by atoms with E-state index in [0.717, 1.165) is 4.57 Å². The lowest BCUT2D eigenvalue weighted by molar-refractivity contribution is -0.155. The molecule has 10 heteroatoms. The number of benzene rings is 1. The van der Waals surface area contributed by atoms with Gasteiger partial charge >= 0.3 is 5.97 Å². The number of carboxylic acids is 1. The van der Waals surface area contributed by atoms with Crippen LogP contribution >= 0.6 is 11.6 Å². The van der Waals surface area contributed by atoms with Crippen molar-refractivity contribution in [3.05, 3.63) is 63.2 Å². The fourth-order valence-electron chi connectivity index (χ4n) is 3.86. The zero-order valence-electron chi connectivity index (χ0n) is 18.8. The Kier molecular flexibility index (Phi) is 6.34. The predicted molar refractivity (Wildman–Crippen MR) is 120 cm³/mol. The number of methoxy groups -OCH3 is 1. The maximum absolute atomic E-state index is 13.4. The van der Waals surface area contributed by atoms with E-state index in [1.165, 1.54) is 25.4 Å². The summed E-state index contributed by atoms with van der Waals surface area (Å²) >= 11 is 6.12. The highest BCUT2D eigenvalue weighted by molar-refractivity contribution is 6.31. The van der Waals surface area contributed by atoms with Crippen LogP contribution < -0.4 is 10.3 Å². The van der Waals surface area contributed by atoms with Crippen LogP contribution in [0.15, 0.2) is 39.7 Å². The molecule has 1 N–H and O–H groups in total. The molecule has 0 bridgehead atoms. The van der Waals surface area contributed by atoms with Crippen LogP contribution in [0.5, 0.6) is 5.75 Å². The zero-order chi connectivity index (χ0) is 24.6. The van der Waals surface area contributed by atoms with Crippen molar-refractivity contribution in [2.75, 3.05) is 7.11 Å². The SMILES string of the molecule is COc1cn(C(Cc2nnc(C)o2)(C(=O)O)C(C)(C)C)c(=O)cc1-c1cc(Cl)ccc1C#N. The van der Waals surface area contributed by atoms with Crippen molar-refractivity contribution in [3.8, 4) is 22.9 Å². The quantitative estimate of drug-likeness (QED) is 0.575. The van der Waals surface area contributed by atoms with Crippen molar-refractivity contribution >= 4 is 17.6 Å². The summed E-state index contributed by atoms with van der Waals surface area (Å²) in [5.41, 5.74) is -2.36. The van der Waals surface area contributed by atoms with Crippen molar-refractivity contribution in [1.29, 1.82) is 5.26 Å². The van der Waals surface area contributed by atoms with Crippen LogP contribution in [0.3, 0.4) is 0 Å². The average Bonchev–Trinajstić information content (AvgIpc) is 3.15. The fraction of sp³-hybridized carbons (Fsp3) is 0.348. The smallest absolute Gasteiger partial charge is 0.331 e. The predicted octanol–water partition coefficient (Wildman–Crippen LogP) is 3.81. The van der Waals surface area contributed by atoms with Gasteiger partial charge in [-0.15, -0.1) is 10.2 Å². The van der Waals surface area contributed by atoms with Crippen LogP contribution in [-0.4, -0.2) is 33.0 Å². The number of carbonyl (C=O) groups is 1. The van der Waals surface area contributed by atoms with Gasteiger partial charge in [-0.2, -0.15) is 5.26 Å². The molecular weight excluding hydrogens is 448 g/mol. The van der Waals surface area contributed by atoms with Gasteiger partial charge in [-0.25, -0.2) is 4.79 Å². The first kappa shape index (κ1) is 24.0. The number of hydrogen-bond acceptors (Lipinski definition) is 7. The number of halogens is 1. The van der Waals surface area contributed by atoms with Crippen LogP contribution in [0.2, 0.25) is 5.02 Å². The van der Waals surface area contributed by atoms with Crippen molar-refractivity contribution < 1.29 is 19.1 Å². The molecule has 3 aromatic rings. The van der Waals surface area contributed by atoms with Gasteiger partial charge in [0, 0.05) is 29.1 Å². The van der Waals surface area contributed by atoms with E-state index in [1.807, 2.05) is 0 Å². The molecule has 9 nitrogen and oxygen atoms in total. The molecule has 0 spiro atoms.